The van der Waals surface area contributed by atoms with Gasteiger partial charge in [0.15, 0.2) is 0 Å². The van der Waals surface area contributed by atoms with Crippen LogP contribution in [0.1, 0.15) is 18.1 Å². The summed E-state index contributed by atoms with van der Waals surface area (Å²) in [5, 5.41) is 3.37. The highest BCUT2D eigenvalue weighted by atomic mass is 32.1. The van der Waals surface area contributed by atoms with Gasteiger partial charge in [0, 0.05) is 24.4 Å². The minimum atomic E-state index is 0.221. The van der Waals surface area contributed by atoms with E-state index in [2.05, 4.69) is 12.2 Å². The Morgan fingerprint density at radius 2 is 2.25 bits per heavy atom. The molecule has 0 heterocycles. The molecule has 1 atom stereocenters. The van der Waals surface area contributed by atoms with Gasteiger partial charge in [0.05, 0.1) is 6.61 Å². The maximum absolute atomic E-state index is 5.69. The Morgan fingerprint density at radius 3 is 2.81 bits per heavy atom. The van der Waals surface area contributed by atoms with E-state index in [1.807, 2.05) is 25.1 Å². The lowest BCUT2D eigenvalue weighted by molar-refractivity contribution is 0.190. The fraction of sp³-hybridized carbons (Fsp3) is 0.417. The maximum atomic E-state index is 5.69. The van der Waals surface area contributed by atoms with Gasteiger partial charge in [-0.05, 0) is 25.5 Å². The first-order chi connectivity index (χ1) is 7.56. The summed E-state index contributed by atoms with van der Waals surface area (Å²) in [4.78, 5) is 0.413. The third-order valence-corrected chi connectivity index (χ3v) is 2.57. The van der Waals surface area contributed by atoms with Gasteiger partial charge in [-0.1, -0.05) is 24.4 Å². The van der Waals surface area contributed by atoms with E-state index in [0.29, 0.717) is 11.6 Å². The average molecular weight is 238 g/mol. The number of nitrogens with two attached hydrogens (primary N) is 1. The molecule has 0 bridgehead atoms. The van der Waals surface area contributed by atoms with Crippen LogP contribution in [-0.2, 0) is 4.74 Å². The lowest BCUT2D eigenvalue weighted by Crippen LogP contribution is -2.24. The van der Waals surface area contributed by atoms with Crippen molar-refractivity contribution in [3.8, 4) is 0 Å². The number of para-hydroxylation sites is 1. The van der Waals surface area contributed by atoms with Crippen molar-refractivity contribution in [2.45, 2.75) is 19.9 Å². The van der Waals surface area contributed by atoms with Crippen molar-refractivity contribution >= 4 is 22.9 Å². The summed E-state index contributed by atoms with van der Waals surface area (Å²) in [6.07, 6.45) is 0. The van der Waals surface area contributed by atoms with Crippen molar-refractivity contribution in [1.29, 1.82) is 0 Å². The molecule has 0 aliphatic heterocycles. The second-order valence-corrected chi connectivity index (χ2v) is 4.30. The molecule has 0 amide bonds. The zero-order valence-electron chi connectivity index (χ0n) is 9.91. The predicted molar refractivity (Wildman–Crippen MR) is 72.0 cm³/mol. The van der Waals surface area contributed by atoms with E-state index < -0.39 is 0 Å². The van der Waals surface area contributed by atoms with Crippen molar-refractivity contribution in [3.05, 3.63) is 29.3 Å². The van der Waals surface area contributed by atoms with Crippen molar-refractivity contribution in [2.75, 3.05) is 19.0 Å². The first-order valence-electron chi connectivity index (χ1n) is 5.21. The molecule has 3 N–H and O–H groups in total. The van der Waals surface area contributed by atoms with Crippen LogP contribution >= 0.6 is 12.2 Å². The molecule has 88 valence electrons. The second-order valence-electron chi connectivity index (χ2n) is 3.86. The van der Waals surface area contributed by atoms with Gasteiger partial charge < -0.3 is 15.8 Å². The highest BCUT2D eigenvalue weighted by Crippen LogP contribution is 2.21. The largest absolute Gasteiger partial charge is 0.389 e. The Bertz CT molecular complexity index is 379. The lowest BCUT2D eigenvalue weighted by Gasteiger charge is -2.19. The molecular formula is C12H18N2OS. The third kappa shape index (κ3) is 3.18. The predicted octanol–water partition coefficient (Wildman–Crippen LogP) is 2.08. The van der Waals surface area contributed by atoms with E-state index in [1.165, 1.54) is 0 Å². The van der Waals surface area contributed by atoms with E-state index in [9.17, 15) is 0 Å². The Hall–Kier alpha value is -1.13. The van der Waals surface area contributed by atoms with Gasteiger partial charge in [-0.3, -0.25) is 0 Å². The first kappa shape index (κ1) is 12.9. The Labute approximate surface area is 102 Å². The molecular weight excluding hydrogens is 220 g/mol. The number of methoxy groups -OCH3 is 1. The summed E-state index contributed by atoms with van der Waals surface area (Å²) >= 11 is 5.03. The highest BCUT2D eigenvalue weighted by molar-refractivity contribution is 7.80. The summed E-state index contributed by atoms with van der Waals surface area (Å²) in [5.74, 6) is 0. The molecule has 0 spiro atoms. The van der Waals surface area contributed by atoms with Gasteiger partial charge in [0.1, 0.15) is 4.99 Å². The molecule has 1 rings (SSSR count). The van der Waals surface area contributed by atoms with Crippen LogP contribution in [0.3, 0.4) is 0 Å². The SMILES string of the molecule is COCC(C)Nc1c(C)cccc1C(N)=S. The van der Waals surface area contributed by atoms with E-state index in [-0.39, 0.29) is 6.04 Å². The van der Waals surface area contributed by atoms with E-state index >= 15 is 0 Å². The molecule has 0 fully saturated rings. The molecule has 16 heavy (non-hydrogen) atoms. The number of benzene rings is 1. The van der Waals surface area contributed by atoms with Gasteiger partial charge in [-0.2, -0.15) is 0 Å². The third-order valence-electron chi connectivity index (χ3n) is 2.35. The monoisotopic (exact) mass is 238 g/mol. The Morgan fingerprint density at radius 1 is 1.56 bits per heavy atom. The first-order valence-corrected chi connectivity index (χ1v) is 5.62. The van der Waals surface area contributed by atoms with Crippen LogP contribution in [0.4, 0.5) is 5.69 Å². The molecule has 1 aromatic carbocycles. The molecule has 0 aliphatic carbocycles. The van der Waals surface area contributed by atoms with E-state index in [4.69, 9.17) is 22.7 Å². The quantitative estimate of drug-likeness (QED) is 0.771. The number of nitrogens with one attached hydrogen (secondary N) is 1. The fourth-order valence-corrected chi connectivity index (χ4v) is 1.77. The molecule has 3 nitrogen and oxygen atoms in total. The number of anilines is 1. The standard InChI is InChI=1S/C12H18N2OS/c1-8-5-4-6-10(12(13)16)11(8)14-9(2)7-15-3/h4-6,9,14H,7H2,1-3H3,(H2,13,16). The van der Waals surface area contributed by atoms with Gasteiger partial charge in [-0.15, -0.1) is 0 Å². The maximum Gasteiger partial charge on any atom is 0.106 e. The number of rotatable bonds is 5. The lowest BCUT2D eigenvalue weighted by atomic mass is 10.1. The molecule has 0 radical (unpaired) electrons. The molecule has 0 saturated heterocycles. The number of hydrogen-bond donors (Lipinski definition) is 2. The number of ether oxygens (including phenoxy) is 1. The average Bonchev–Trinajstić information content (AvgIpc) is 2.21. The van der Waals surface area contributed by atoms with Gasteiger partial charge in [-0.25, -0.2) is 0 Å². The molecule has 0 saturated carbocycles. The van der Waals surface area contributed by atoms with E-state index in [1.54, 1.807) is 7.11 Å². The molecule has 4 heteroatoms. The Balaban J connectivity index is 2.97. The van der Waals surface area contributed by atoms with Crippen molar-refractivity contribution in [3.63, 3.8) is 0 Å². The number of thiocarbonyl (C=S) groups is 1. The van der Waals surface area contributed by atoms with Crippen LogP contribution in [0.15, 0.2) is 18.2 Å². The van der Waals surface area contributed by atoms with Crippen LogP contribution in [0.2, 0.25) is 0 Å². The summed E-state index contributed by atoms with van der Waals surface area (Å²) < 4.78 is 5.09. The van der Waals surface area contributed by atoms with Crippen molar-refractivity contribution < 1.29 is 4.74 Å². The summed E-state index contributed by atoms with van der Waals surface area (Å²) in [6, 6.07) is 6.13. The number of aryl methyl sites for hydroxylation is 1. The van der Waals surface area contributed by atoms with Crippen LogP contribution < -0.4 is 11.1 Å². The fourth-order valence-electron chi connectivity index (χ4n) is 1.60. The smallest absolute Gasteiger partial charge is 0.106 e. The topological polar surface area (TPSA) is 47.3 Å². The summed E-state index contributed by atoms with van der Waals surface area (Å²) in [7, 11) is 1.69. The second kappa shape index (κ2) is 5.82. The molecule has 1 unspecified atom stereocenters. The zero-order valence-corrected chi connectivity index (χ0v) is 10.7. The Kier molecular flexibility index (Phi) is 4.71. The zero-order chi connectivity index (χ0) is 12.1. The molecule has 1 aromatic rings. The minimum absolute atomic E-state index is 0.221. The highest BCUT2D eigenvalue weighted by Gasteiger charge is 2.10. The van der Waals surface area contributed by atoms with Gasteiger partial charge >= 0.3 is 0 Å². The van der Waals surface area contributed by atoms with Crippen LogP contribution in [0.25, 0.3) is 0 Å². The van der Waals surface area contributed by atoms with Gasteiger partial charge in [0.2, 0.25) is 0 Å². The van der Waals surface area contributed by atoms with Crippen LogP contribution in [0, 0.1) is 6.92 Å². The number of hydrogen-bond acceptors (Lipinski definition) is 3. The van der Waals surface area contributed by atoms with Crippen LogP contribution in [0.5, 0.6) is 0 Å². The normalized spacial score (nSPS) is 12.2. The van der Waals surface area contributed by atoms with Gasteiger partial charge in [0.25, 0.3) is 0 Å². The molecule has 0 aliphatic rings. The molecule has 0 aromatic heterocycles. The summed E-state index contributed by atoms with van der Waals surface area (Å²) in [5.41, 5.74) is 8.71. The minimum Gasteiger partial charge on any atom is -0.389 e. The van der Waals surface area contributed by atoms with Crippen molar-refractivity contribution in [2.24, 2.45) is 5.73 Å². The van der Waals surface area contributed by atoms with E-state index in [0.717, 1.165) is 16.8 Å². The summed E-state index contributed by atoms with van der Waals surface area (Å²) in [6.45, 7) is 4.73. The van der Waals surface area contributed by atoms with Crippen molar-refractivity contribution in [1.82, 2.24) is 0 Å². The van der Waals surface area contributed by atoms with Crippen LogP contribution in [-0.4, -0.2) is 24.7 Å².